The molecule has 0 fully saturated rings. The number of hydrogen-bond acceptors (Lipinski definition) is 4. The molecule has 0 unspecified atom stereocenters. The molecule has 0 aromatic heterocycles. The van der Waals surface area contributed by atoms with Gasteiger partial charge in [0.25, 0.3) is 0 Å². The van der Waals surface area contributed by atoms with Gasteiger partial charge in [0.05, 0.1) is 17.1 Å². The van der Waals surface area contributed by atoms with Crippen LogP contribution in [0.1, 0.15) is 10.4 Å². The highest BCUT2D eigenvalue weighted by atomic mass is 35.5. The molecule has 0 N–H and O–H groups in total. The van der Waals surface area contributed by atoms with Crippen molar-refractivity contribution in [2.45, 2.75) is 0 Å². The van der Waals surface area contributed by atoms with Crippen LogP contribution >= 0.6 is 11.6 Å². The molecule has 1 rings (SSSR count). The summed E-state index contributed by atoms with van der Waals surface area (Å²) in [5.74, 6) is -4.38. The lowest BCUT2D eigenvalue weighted by molar-refractivity contribution is -0.387. The number of nitro benzene ring substituents is 1. The average Bonchev–Trinajstić information content (AvgIpc) is 2.22. The second-order valence-corrected chi connectivity index (χ2v) is 3.04. The maximum atomic E-state index is 13.4. The highest BCUT2D eigenvalue weighted by Crippen LogP contribution is 2.29. The van der Waals surface area contributed by atoms with E-state index in [9.17, 15) is 23.7 Å². The minimum atomic E-state index is -1.61. The molecule has 1 aromatic carbocycles. The van der Waals surface area contributed by atoms with Crippen molar-refractivity contribution in [2.75, 3.05) is 7.11 Å². The molecule has 0 aliphatic rings. The molecular weight excluding hydrogens is 248 g/mol. The molecule has 0 atom stereocenters. The molecule has 0 saturated heterocycles. The van der Waals surface area contributed by atoms with Crippen LogP contribution in [-0.2, 0) is 4.74 Å². The molecule has 0 spiro atoms. The Morgan fingerprint density at radius 3 is 2.50 bits per heavy atom. The third kappa shape index (κ3) is 1.94. The van der Waals surface area contributed by atoms with Crippen LogP contribution in [0, 0.1) is 21.7 Å². The van der Waals surface area contributed by atoms with Gasteiger partial charge in [-0.1, -0.05) is 11.6 Å². The summed E-state index contributed by atoms with van der Waals surface area (Å²) in [4.78, 5) is 20.3. The first-order chi connectivity index (χ1) is 7.40. The largest absolute Gasteiger partial charge is 0.465 e. The van der Waals surface area contributed by atoms with E-state index in [2.05, 4.69) is 4.74 Å². The summed E-state index contributed by atoms with van der Waals surface area (Å²) in [6.45, 7) is 0. The van der Waals surface area contributed by atoms with E-state index in [1.54, 1.807) is 0 Å². The van der Waals surface area contributed by atoms with Gasteiger partial charge in [-0.15, -0.1) is 0 Å². The van der Waals surface area contributed by atoms with Crippen LogP contribution in [0.3, 0.4) is 0 Å². The molecule has 5 nitrogen and oxygen atoms in total. The van der Waals surface area contributed by atoms with Crippen molar-refractivity contribution in [1.82, 2.24) is 0 Å². The molecule has 0 aliphatic heterocycles. The number of methoxy groups -OCH3 is 1. The lowest BCUT2D eigenvalue weighted by atomic mass is 10.1. The first kappa shape index (κ1) is 12.3. The van der Waals surface area contributed by atoms with E-state index in [0.717, 1.165) is 7.11 Å². The van der Waals surface area contributed by atoms with Crippen LogP contribution in [-0.4, -0.2) is 18.0 Å². The van der Waals surface area contributed by atoms with Crippen molar-refractivity contribution < 1.29 is 23.2 Å². The van der Waals surface area contributed by atoms with E-state index in [4.69, 9.17) is 11.6 Å². The molecule has 0 amide bonds. The summed E-state index contributed by atoms with van der Waals surface area (Å²) in [6.07, 6.45) is 0. The second-order valence-electron chi connectivity index (χ2n) is 2.63. The van der Waals surface area contributed by atoms with Gasteiger partial charge in [0, 0.05) is 6.07 Å². The van der Waals surface area contributed by atoms with Crippen LogP contribution in [0.4, 0.5) is 14.5 Å². The van der Waals surface area contributed by atoms with Crippen molar-refractivity contribution in [3.63, 3.8) is 0 Å². The molecule has 0 bridgehead atoms. The van der Waals surface area contributed by atoms with Gasteiger partial charge in [0.1, 0.15) is 5.56 Å². The smallest absolute Gasteiger partial charge is 0.344 e. The van der Waals surface area contributed by atoms with Gasteiger partial charge in [-0.05, 0) is 0 Å². The van der Waals surface area contributed by atoms with E-state index in [0.29, 0.717) is 6.07 Å². The van der Waals surface area contributed by atoms with Crippen molar-refractivity contribution in [3.8, 4) is 0 Å². The van der Waals surface area contributed by atoms with Crippen molar-refractivity contribution >= 4 is 23.3 Å². The highest BCUT2D eigenvalue weighted by Gasteiger charge is 2.29. The van der Waals surface area contributed by atoms with Gasteiger partial charge in [-0.3, -0.25) is 10.1 Å². The fourth-order valence-corrected chi connectivity index (χ4v) is 1.20. The third-order valence-electron chi connectivity index (χ3n) is 1.72. The van der Waals surface area contributed by atoms with Crippen LogP contribution in [0.25, 0.3) is 0 Å². The van der Waals surface area contributed by atoms with Crippen molar-refractivity contribution in [1.29, 1.82) is 0 Å². The minimum absolute atomic E-state index is 0.485. The Hall–Kier alpha value is -1.76. The molecule has 8 heteroatoms. The average molecular weight is 252 g/mol. The quantitative estimate of drug-likeness (QED) is 0.350. The standard InChI is InChI=1S/C8H4ClF2NO4/c1-16-8(13)5-6(10)3(9)2-4(7(5)11)12(14)15/h2H,1H3. The Kier molecular flexibility index (Phi) is 3.38. The Bertz CT molecular complexity index is 478. The summed E-state index contributed by atoms with van der Waals surface area (Å²) in [5.41, 5.74) is -2.27. The Morgan fingerprint density at radius 2 is 2.06 bits per heavy atom. The van der Waals surface area contributed by atoms with E-state index in [-0.39, 0.29) is 0 Å². The van der Waals surface area contributed by atoms with Crippen LogP contribution in [0.15, 0.2) is 6.07 Å². The molecule has 0 radical (unpaired) electrons. The number of esters is 1. The van der Waals surface area contributed by atoms with Crippen LogP contribution in [0.2, 0.25) is 5.02 Å². The SMILES string of the molecule is COC(=O)c1c(F)c(Cl)cc([N+](=O)[O-])c1F. The zero-order valence-electron chi connectivity index (χ0n) is 7.79. The molecule has 0 heterocycles. The minimum Gasteiger partial charge on any atom is -0.465 e. The molecule has 16 heavy (non-hydrogen) atoms. The molecular formula is C8H4ClF2NO4. The monoisotopic (exact) mass is 251 g/mol. The zero-order chi connectivity index (χ0) is 12.5. The third-order valence-corrected chi connectivity index (χ3v) is 2.00. The van der Waals surface area contributed by atoms with Crippen LogP contribution < -0.4 is 0 Å². The van der Waals surface area contributed by atoms with E-state index >= 15 is 0 Å². The first-order valence-corrected chi connectivity index (χ1v) is 4.18. The van der Waals surface area contributed by atoms with Crippen molar-refractivity contribution in [2.24, 2.45) is 0 Å². The molecule has 1 aromatic rings. The summed E-state index contributed by atoms with van der Waals surface area (Å²) in [7, 11) is 0.883. The van der Waals surface area contributed by atoms with E-state index in [1.807, 2.05) is 0 Å². The Morgan fingerprint density at radius 1 is 1.50 bits per heavy atom. The normalized spacial score (nSPS) is 10.0. The van der Waals surface area contributed by atoms with Gasteiger partial charge in [-0.25, -0.2) is 9.18 Å². The fourth-order valence-electron chi connectivity index (χ4n) is 1.00. The highest BCUT2D eigenvalue weighted by molar-refractivity contribution is 6.31. The van der Waals surface area contributed by atoms with E-state index < -0.39 is 38.8 Å². The van der Waals surface area contributed by atoms with Gasteiger partial charge in [0.15, 0.2) is 5.82 Å². The molecule has 86 valence electrons. The van der Waals surface area contributed by atoms with Crippen LogP contribution in [0.5, 0.6) is 0 Å². The fraction of sp³-hybridized carbons (Fsp3) is 0.125. The van der Waals surface area contributed by atoms with Gasteiger partial charge in [0.2, 0.25) is 5.82 Å². The summed E-state index contributed by atoms with van der Waals surface area (Å²) < 4.78 is 30.7. The topological polar surface area (TPSA) is 69.4 Å². The number of carbonyl (C=O) groups is 1. The Balaban J connectivity index is 3.58. The predicted molar refractivity (Wildman–Crippen MR) is 49.4 cm³/mol. The lowest BCUT2D eigenvalue weighted by Gasteiger charge is -2.04. The zero-order valence-corrected chi connectivity index (χ0v) is 8.55. The maximum absolute atomic E-state index is 13.4. The number of carbonyl (C=O) groups excluding carboxylic acids is 1. The molecule has 0 aliphatic carbocycles. The number of nitrogens with zero attached hydrogens (tertiary/aromatic N) is 1. The van der Waals surface area contributed by atoms with E-state index in [1.165, 1.54) is 0 Å². The van der Waals surface area contributed by atoms with Gasteiger partial charge in [-0.2, -0.15) is 4.39 Å². The first-order valence-electron chi connectivity index (χ1n) is 3.80. The summed E-state index contributed by atoms with van der Waals surface area (Å²) >= 11 is 5.28. The number of ether oxygens (including phenoxy) is 1. The Labute approximate surface area is 92.7 Å². The van der Waals surface area contributed by atoms with Crippen molar-refractivity contribution in [3.05, 3.63) is 38.4 Å². The maximum Gasteiger partial charge on any atom is 0.344 e. The van der Waals surface area contributed by atoms with Gasteiger partial charge < -0.3 is 4.74 Å². The summed E-state index contributed by atoms with van der Waals surface area (Å²) in [5, 5.41) is 9.65. The lowest BCUT2D eigenvalue weighted by Crippen LogP contribution is -2.10. The number of benzene rings is 1. The predicted octanol–water partition coefficient (Wildman–Crippen LogP) is 2.31. The molecule has 0 saturated carbocycles. The number of hydrogen-bond donors (Lipinski definition) is 0. The number of halogens is 3. The summed E-state index contributed by atoms with van der Waals surface area (Å²) in [6, 6.07) is 0.485. The number of nitro groups is 1. The van der Waals surface area contributed by atoms with Gasteiger partial charge >= 0.3 is 11.7 Å². The second kappa shape index (κ2) is 4.40. The number of rotatable bonds is 2.